The van der Waals surface area contributed by atoms with E-state index in [0.29, 0.717) is 16.6 Å². The lowest BCUT2D eigenvalue weighted by atomic mass is 10.2. The second-order valence-electron chi connectivity index (χ2n) is 3.76. The van der Waals surface area contributed by atoms with Gasteiger partial charge >= 0.3 is 5.97 Å². The molecule has 1 aromatic rings. The molecule has 0 aliphatic carbocycles. The van der Waals surface area contributed by atoms with Crippen molar-refractivity contribution in [2.45, 2.75) is 19.8 Å². The van der Waals surface area contributed by atoms with Crippen molar-refractivity contribution < 1.29 is 9.90 Å². The van der Waals surface area contributed by atoms with Crippen LogP contribution in [0.3, 0.4) is 0 Å². The Morgan fingerprint density at radius 3 is 2.29 bits per heavy atom. The largest absolute Gasteiger partial charge is 0.481 e. The van der Waals surface area contributed by atoms with Crippen LogP contribution in [0.15, 0.2) is 18.2 Å². The molecule has 1 aromatic carbocycles. The van der Waals surface area contributed by atoms with Gasteiger partial charge in [-0.3, -0.25) is 4.79 Å². The molecule has 3 nitrogen and oxygen atoms in total. The zero-order valence-corrected chi connectivity index (χ0v) is 11.1. The summed E-state index contributed by atoms with van der Waals surface area (Å²) in [4.78, 5) is 12.6. The Balaban J connectivity index is 2.84. The van der Waals surface area contributed by atoms with Gasteiger partial charge in [0.2, 0.25) is 0 Å². The van der Waals surface area contributed by atoms with Gasteiger partial charge in [0.05, 0.1) is 6.42 Å². The highest BCUT2D eigenvalue weighted by Crippen LogP contribution is 2.25. The Morgan fingerprint density at radius 2 is 1.82 bits per heavy atom. The van der Waals surface area contributed by atoms with Crippen molar-refractivity contribution in [1.29, 1.82) is 0 Å². The molecule has 1 rings (SSSR count). The van der Waals surface area contributed by atoms with Crippen LogP contribution >= 0.6 is 23.2 Å². The third-order valence-electron chi connectivity index (χ3n) is 2.30. The van der Waals surface area contributed by atoms with Gasteiger partial charge in [-0.05, 0) is 24.6 Å². The molecule has 0 aromatic heterocycles. The average Bonchev–Trinajstić information content (AvgIpc) is 2.22. The minimum absolute atomic E-state index is 0.101. The number of halogens is 2. The van der Waals surface area contributed by atoms with E-state index in [-0.39, 0.29) is 6.42 Å². The van der Waals surface area contributed by atoms with E-state index in [9.17, 15) is 4.79 Å². The summed E-state index contributed by atoms with van der Waals surface area (Å²) in [7, 11) is 0. The van der Waals surface area contributed by atoms with Gasteiger partial charge in [0.15, 0.2) is 0 Å². The number of carbonyl (C=O) groups is 1. The number of hydrogen-bond acceptors (Lipinski definition) is 2. The molecule has 0 fully saturated rings. The highest BCUT2D eigenvalue weighted by molar-refractivity contribution is 6.35. The molecule has 17 heavy (non-hydrogen) atoms. The second kappa shape index (κ2) is 6.72. The van der Waals surface area contributed by atoms with Crippen LogP contribution in [-0.2, 0) is 4.79 Å². The molecular weight excluding hydrogens is 261 g/mol. The Morgan fingerprint density at radius 1 is 1.24 bits per heavy atom. The first kappa shape index (κ1) is 14.1. The van der Waals surface area contributed by atoms with Crippen LogP contribution < -0.4 is 4.90 Å². The number of carboxylic acids is 1. The number of aliphatic carboxylic acids is 1. The smallest absolute Gasteiger partial charge is 0.305 e. The lowest BCUT2D eigenvalue weighted by Gasteiger charge is -2.24. The van der Waals surface area contributed by atoms with Crippen LogP contribution in [0.2, 0.25) is 10.0 Å². The third kappa shape index (κ3) is 4.84. The van der Waals surface area contributed by atoms with Crippen LogP contribution in [0.1, 0.15) is 19.8 Å². The van der Waals surface area contributed by atoms with Crippen molar-refractivity contribution in [3.8, 4) is 0 Å². The normalized spacial score (nSPS) is 10.3. The van der Waals surface area contributed by atoms with Gasteiger partial charge in [0, 0.05) is 28.8 Å². The second-order valence-corrected chi connectivity index (χ2v) is 4.63. The van der Waals surface area contributed by atoms with Gasteiger partial charge < -0.3 is 10.0 Å². The molecule has 94 valence electrons. The van der Waals surface area contributed by atoms with Crippen molar-refractivity contribution in [3.63, 3.8) is 0 Å². The molecule has 0 aliphatic heterocycles. The van der Waals surface area contributed by atoms with E-state index in [1.165, 1.54) is 0 Å². The topological polar surface area (TPSA) is 40.5 Å². The Bertz CT molecular complexity index is 376. The summed E-state index contributed by atoms with van der Waals surface area (Å²) >= 11 is 11.9. The maximum absolute atomic E-state index is 10.6. The van der Waals surface area contributed by atoms with E-state index in [0.717, 1.165) is 18.7 Å². The molecule has 0 atom stereocenters. The van der Waals surface area contributed by atoms with Gasteiger partial charge in [-0.15, -0.1) is 0 Å². The summed E-state index contributed by atoms with van der Waals surface area (Å²) in [5.41, 5.74) is 0.866. The van der Waals surface area contributed by atoms with Crippen molar-refractivity contribution in [1.82, 2.24) is 0 Å². The van der Waals surface area contributed by atoms with E-state index in [4.69, 9.17) is 28.3 Å². The highest BCUT2D eigenvalue weighted by Gasteiger charge is 2.09. The minimum Gasteiger partial charge on any atom is -0.481 e. The molecule has 0 heterocycles. The van der Waals surface area contributed by atoms with Gasteiger partial charge in [-0.1, -0.05) is 30.1 Å². The number of anilines is 1. The number of benzene rings is 1. The Hall–Kier alpha value is -0.930. The molecule has 1 N–H and O–H groups in total. The third-order valence-corrected chi connectivity index (χ3v) is 2.74. The van der Waals surface area contributed by atoms with Crippen LogP contribution in [0.25, 0.3) is 0 Å². The summed E-state index contributed by atoms with van der Waals surface area (Å²) < 4.78 is 0. The van der Waals surface area contributed by atoms with Gasteiger partial charge in [-0.25, -0.2) is 0 Å². The number of carboxylic acid groups (broad SMARTS) is 1. The van der Waals surface area contributed by atoms with Crippen molar-refractivity contribution in [3.05, 3.63) is 28.2 Å². The van der Waals surface area contributed by atoms with E-state index in [2.05, 4.69) is 0 Å². The summed E-state index contributed by atoms with van der Waals surface area (Å²) in [6, 6.07) is 5.25. The fourth-order valence-electron chi connectivity index (χ4n) is 1.59. The maximum Gasteiger partial charge on any atom is 0.305 e. The highest BCUT2D eigenvalue weighted by atomic mass is 35.5. The number of rotatable bonds is 6. The van der Waals surface area contributed by atoms with E-state index in [1.54, 1.807) is 18.2 Å². The Labute approximate surface area is 111 Å². The number of hydrogen-bond donors (Lipinski definition) is 1. The van der Waals surface area contributed by atoms with E-state index in [1.807, 2.05) is 11.8 Å². The maximum atomic E-state index is 10.6. The molecule has 0 spiro atoms. The molecule has 0 saturated heterocycles. The van der Waals surface area contributed by atoms with Gasteiger partial charge in [-0.2, -0.15) is 0 Å². The molecule has 0 aliphatic rings. The van der Waals surface area contributed by atoms with Gasteiger partial charge in [0.25, 0.3) is 0 Å². The molecule has 5 heteroatoms. The standard InChI is InChI=1S/C12H15Cl2NO2/c1-2-4-15(5-3-12(16)17)11-7-9(13)6-10(14)8-11/h6-8H,2-5H2,1H3,(H,16,17). The fourth-order valence-corrected chi connectivity index (χ4v) is 2.11. The summed E-state index contributed by atoms with van der Waals surface area (Å²) in [5.74, 6) is -0.806. The van der Waals surface area contributed by atoms with Crippen LogP contribution in [0.4, 0.5) is 5.69 Å². The lowest BCUT2D eigenvalue weighted by Crippen LogP contribution is -2.26. The fraction of sp³-hybridized carbons (Fsp3) is 0.417. The summed E-state index contributed by atoms with van der Waals surface area (Å²) in [6.07, 6.45) is 1.04. The first-order valence-corrected chi connectivity index (χ1v) is 6.21. The zero-order chi connectivity index (χ0) is 12.8. The minimum atomic E-state index is -0.806. The van der Waals surface area contributed by atoms with Crippen LogP contribution in [0.5, 0.6) is 0 Å². The quantitative estimate of drug-likeness (QED) is 0.861. The molecule has 0 amide bonds. The van der Waals surface area contributed by atoms with Crippen molar-refractivity contribution >= 4 is 34.9 Å². The SMILES string of the molecule is CCCN(CCC(=O)O)c1cc(Cl)cc(Cl)c1. The first-order chi connectivity index (χ1) is 8.02. The monoisotopic (exact) mass is 275 g/mol. The van der Waals surface area contributed by atoms with E-state index < -0.39 is 5.97 Å². The van der Waals surface area contributed by atoms with Crippen molar-refractivity contribution in [2.24, 2.45) is 0 Å². The molecule has 0 saturated carbocycles. The molecule has 0 unspecified atom stereocenters. The zero-order valence-electron chi connectivity index (χ0n) is 9.62. The van der Waals surface area contributed by atoms with Gasteiger partial charge in [0.1, 0.15) is 0 Å². The Kier molecular flexibility index (Phi) is 5.59. The first-order valence-electron chi connectivity index (χ1n) is 5.45. The predicted octanol–water partition coefficient (Wildman–Crippen LogP) is 3.68. The lowest BCUT2D eigenvalue weighted by molar-refractivity contribution is -0.136. The van der Waals surface area contributed by atoms with Crippen LogP contribution in [-0.4, -0.2) is 24.2 Å². The molecule has 0 bridgehead atoms. The van der Waals surface area contributed by atoms with E-state index >= 15 is 0 Å². The average molecular weight is 276 g/mol. The summed E-state index contributed by atoms with van der Waals surface area (Å²) in [5, 5.41) is 9.83. The number of nitrogens with zero attached hydrogens (tertiary/aromatic N) is 1. The molecular formula is C12H15Cl2NO2. The molecule has 0 radical (unpaired) electrons. The van der Waals surface area contributed by atoms with Crippen molar-refractivity contribution in [2.75, 3.05) is 18.0 Å². The predicted molar refractivity (Wildman–Crippen MR) is 71.2 cm³/mol. The summed E-state index contributed by atoms with van der Waals surface area (Å²) in [6.45, 7) is 3.28. The van der Waals surface area contributed by atoms with Crippen LogP contribution in [0, 0.1) is 0 Å².